The van der Waals surface area contributed by atoms with E-state index in [1.807, 2.05) is 31.2 Å². The summed E-state index contributed by atoms with van der Waals surface area (Å²) >= 11 is 12.2. The van der Waals surface area contributed by atoms with Crippen LogP contribution in [0.15, 0.2) is 77.7 Å². The summed E-state index contributed by atoms with van der Waals surface area (Å²) in [6.07, 6.45) is 1.46. The van der Waals surface area contributed by atoms with Crippen LogP contribution in [0.3, 0.4) is 0 Å². The number of morpholine rings is 1. The van der Waals surface area contributed by atoms with Crippen molar-refractivity contribution in [3.63, 3.8) is 0 Å². The number of ether oxygens (including phenoxy) is 2. The topological polar surface area (TPSA) is 85.7 Å². The van der Waals surface area contributed by atoms with Crippen LogP contribution in [0.4, 0.5) is 11.4 Å². The van der Waals surface area contributed by atoms with E-state index >= 15 is 0 Å². The van der Waals surface area contributed by atoms with Crippen molar-refractivity contribution >= 4 is 40.5 Å². The lowest BCUT2D eigenvalue weighted by atomic mass is 10.1. The number of carbonyl (C=O) groups is 1. The molecule has 194 valence electrons. The number of aryl methyl sites for hydroxylation is 1. The van der Waals surface area contributed by atoms with Gasteiger partial charge in [0.1, 0.15) is 5.75 Å². The van der Waals surface area contributed by atoms with Crippen LogP contribution < -0.4 is 15.6 Å². The van der Waals surface area contributed by atoms with Crippen LogP contribution in [0.5, 0.6) is 11.5 Å². The maximum atomic E-state index is 13.6. The zero-order valence-corrected chi connectivity index (χ0v) is 22.0. The van der Waals surface area contributed by atoms with Gasteiger partial charge in [0.15, 0.2) is 11.4 Å². The Morgan fingerprint density at radius 1 is 0.974 bits per heavy atom. The monoisotopic (exact) mass is 550 g/mol. The van der Waals surface area contributed by atoms with Crippen molar-refractivity contribution in [2.45, 2.75) is 6.92 Å². The summed E-state index contributed by atoms with van der Waals surface area (Å²) in [5.41, 5.74) is 2.38. The lowest BCUT2D eigenvalue weighted by Crippen LogP contribution is -2.40. The molecule has 1 saturated heterocycles. The number of hydrogen-bond donors (Lipinski definition) is 1. The van der Waals surface area contributed by atoms with E-state index in [4.69, 9.17) is 32.7 Å². The van der Waals surface area contributed by atoms with Crippen LogP contribution in [-0.4, -0.2) is 46.9 Å². The lowest BCUT2D eigenvalue weighted by Gasteiger charge is -2.26. The Bertz CT molecular complexity index is 1520. The molecule has 0 radical (unpaired) electrons. The Morgan fingerprint density at radius 3 is 2.37 bits per heavy atom. The van der Waals surface area contributed by atoms with E-state index in [-0.39, 0.29) is 17.3 Å². The average Bonchev–Trinajstić information content (AvgIpc) is 2.94. The molecule has 0 saturated carbocycles. The fourth-order valence-electron chi connectivity index (χ4n) is 3.95. The third kappa shape index (κ3) is 5.67. The van der Waals surface area contributed by atoms with Gasteiger partial charge in [-0.25, -0.2) is 0 Å². The van der Waals surface area contributed by atoms with Crippen LogP contribution in [-0.2, 0) is 4.74 Å². The van der Waals surface area contributed by atoms with E-state index in [2.05, 4.69) is 10.4 Å². The summed E-state index contributed by atoms with van der Waals surface area (Å²) in [7, 11) is 0. The number of carbonyl (C=O) groups excluding carboxylic acids is 1. The van der Waals surface area contributed by atoms with Gasteiger partial charge in [0, 0.05) is 24.3 Å². The van der Waals surface area contributed by atoms with E-state index in [1.54, 1.807) is 47.4 Å². The average molecular weight is 551 g/mol. The number of amides is 1. The van der Waals surface area contributed by atoms with Crippen molar-refractivity contribution in [3.05, 3.63) is 104 Å². The number of halogens is 2. The van der Waals surface area contributed by atoms with Crippen molar-refractivity contribution in [2.24, 2.45) is 0 Å². The molecule has 2 heterocycles. The minimum absolute atomic E-state index is 0.0610. The Hall–Kier alpha value is -3.85. The molecule has 0 unspecified atom stereocenters. The van der Waals surface area contributed by atoms with Crippen LogP contribution in [0.1, 0.15) is 15.9 Å². The van der Waals surface area contributed by atoms with Crippen molar-refractivity contribution in [3.8, 4) is 17.2 Å². The Morgan fingerprint density at radius 2 is 1.68 bits per heavy atom. The standard InChI is InChI=1S/C28H24Cl2N4O4/c1-18-2-9-22(10-3-18)38-25-17-31-34(21-8-11-23(29)24(30)16-21)28(36)26(25)32-20-6-4-19(5-7-20)27(35)33-12-14-37-15-13-33/h2-11,16-17,32H,12-15H2,1H3. The van der Waals surface area contributed by atoms with E-state index in [9.17, 15) is 9.59 Å². The van der Waals surface area contributed by atoms with Crippen molar-refractivity contribution in [1.29, 1.82) is 0 Å². The zero-order chi connectivity index (χ0) is 26.6. The first kappa shape index (κ1) is 25.8. The molecule has 0 bridgehead atoms. The molecule has 1 aromatic heterocycles. The molecule has 10 heteroatoms. The first-order valence-corrected chi connectivity index (χ1v) is 12.7. The molecule has 1 fully saturated rings. The highest BCUT2D eigenvalue weighted by molar-refractivity contribution is 6.42. The summed E-state index contributed by atoms with van der Waals surface area (Å²) in [5, 5.41) is 8.12. The normalized spacial score (nSPS) is 13.3. The summed E-state index contributed by atoms with van der Waals surface area (Å²) in [4.78, 5) is 28.2. The number of benzene rings is 3. The maximum Gasteiger partial charge on any atom is 0.299 e. The summed E-state index contributed by atoms with van der Waals surface area (Å²) < 4.78 is 12.6. The molecule has 4 aromatic rings. The Balaban J connectivity index is 1.48. The van der Waals surface area contributed by atoms with E-state index in [0.29, 0.717) is 59.0 Å². The van der Waals surface area contributed by atoms with Crippen molar-refractivity contribution < 1.29 is 14.3 Å². The van der Waals surface area contributed by atoms with Gasteiger partial charge in [-0.3, -0.25) is 9.59 Å². The molecule has 1 amide bonds. The van der Waals surface area contributed by atoms with E-state index in [0.717, 1.165) is 5.56 Å². The number of nitrogens with one attached hydrogen (secondary N) is 1. The van der Waals surface area contributed by atoms with Gasteiger partial charge in [-0.05, 0) is 61.5 Å². The second kappa shape index (κ2) is 11.3. The fraction of sp³-hybridized carbons (Fsp3) is 0.179. The summed E-state index contributed by atoms with van der Waals surface area (Å²) in [6.45, 7) is 4.16. The molecule has 0 aliphatic carbocycles. The lowest BCUT2D eigenvalue weighted by molar-refractivity contribution is 0.0303. The minimum atomic E-state index is -0.457. The van der Waals surface area contributed by atoms with E-state index in [1.165, 1.54) is 10.9 Å². The largest absolute Gasteiger partial charge is 0.453 e. The second-order valence-corrected chi connectivity index (χ2v) is 9.54. The Labute approximate surface area is 229 Å². The number of aromatic nitrogens is 2. The molecule has 38 heavy (non-hydrogen) atoms. The minimum Gasteiger partial charge on any atom is -0.453 e. The van der Waals surface area contributed by atoms with Gasteiger partial charge in [0.2, 0.25) is 0 Å². The molecule has 3 aromatic carbocycles. The summed E-state index contributed by atoms with van der Waals surface area (Å²) in [6, 6.07) is 19.2. The molecule has 0 spiro atoms. The molecule has 8 nitrogen and oxygen atoms in total. The zero-order valence-electron chi connectivity index (χ0n) is 20.5. The van der Waals surface area contributed by atoms with Gasteiger partial charge in [-0.1, -0.05) is 40.9 Å². The van der Waals surface area contributed by atoms with Crippen molar-refractivity contribution in [1.82, 2.24) is 14.7 Å². The molecule has 1 N–H and O–H groups in total. The fourth-order valence-corrected chi connectivity index (χ4v) is 4.25. The smallest absolute Gasteiger partial charge is 0.299 e. The molecule has 0 atom stereocenters. The number of nitrogens with zero attached hydrogens (tertiary/aromatic N) is 3. The number of rotatable bonds is 6. The highest BCUT2D eigenvalue weighted by Crippen LogP contribution is 2.30. The van der Waals surface area contributed by atoms with Gasteiger partial charge in [0.05, 0.1) is 35.1 Å². The van der Waals surface area contributed by atoms with Gasteiger partial charge in [-0.15, -0.1) is 0 Å². The van der Waals surface area contributed by atoms with Crippen LogP contribution in [0, 0.1) is 6.92 Å². The highest BCUT2D eigenvalue weighted by Gasteiger charge is 2.19. The van der Waals surface area contributed by atoms with Gasteiger partial charge in [0.25, 0.3) is 11.5 Å². The molecule has 5 rings (SSSR count). The molecule has 1 aliphatic rings. The summed E-state index contributed by atoms with van der Waals surface area (Å²) in [5.74, 6) is 0.733. The first-order valence-electron chi connectivity index (χ1n) is 12.0. The third-order valence-electron chi connectivity index (χ3n) is 6.04. The SMILES string of the molecule is Cc1ccc(Oc2cnn(-c3ccc(Cl)c(Cl)c3)c(=O)c2Nc2ccc(C(=O)N3CCOCC3)cc2)cc1. The molecule has 1 aliphatic heterocycles. The van der Waals surface area contributed by atoms with Crippen LogP contribution >= 0.6 is 23.2 Å². The van der Waals surface area contributed by atoms with Gasteiger partial charge in [-0.2, -0.15) is 9.78 Å². The predicted molar refractivity (Wildman–Crippen MR) is 148 cm³/mol. The highest BCUT2D eigenvalue weighted by atomic mass is 35.5. The second-order valence-electron chi connectivity index (χ2n) is 8.72. The van der Waals surface area contributed by atoms with Crippen LogP contribution in [0.25, 0.3) is 5.69 Å². The quantitative estimate of drug-likeness (QED) is 0.323. The van der Waals surface area contributed by atoms with Gasteiger partial charge >= 0.3 is 0 Å². The van der Waals surface area contributed by atoms with Crippen molar-refractivity contribution in [2.75, 3.05) is 31.6 Å². The first-order chi connectivity index (χ1) is 18.4. The Kier molecular flexibility index (Phi) is 7.64. The molecular weight excluding hydrogens is 527 g/mol. The van der Waals surface area contributed by atoms with Crippen LogP contribution in [0.2, 0.25) is 10.0 Å². The number of anilines is 2. The molecular formula is C28H24Cl2N4O4. The maximum absolute atomic E-state index is 13.6. The predicted octanol–water partition coefficient (Wildman–Crippen LogP) is 5.86. The number of hydrogen-bond acceptors (Lipinski definition) is 6. The third-order valence-corrected chi connectivity index (χ3v) is 6.78. The van der Waals surface area contributed by atoms with E-state index < -0.39 is 5.56 Å². The van der Waals surface area contributed by atoms with Gasteiger partial charge < -0.3 is 19.7 Å².